The predicted octanol–water partition coefficient (Wildman–Crippen LogP) is 5.27. The summed E-state index contributed by atoms with van der Waals surface area (Å²) in [6.45, 7) is 0. The number of carbonyl (C=O) groups is 1. The first-order valence-corrected chi connectivity index (χ1v) is 7.56. The minimum atomic E-state index is -4.52. The smallest absolute Gasteiger partial charge is 0.449 e. The maximum atomic E-state index is 13.0. The van der Waals surface area contributed by atoms with Crippen molar-refractivity contribution < 1.29 is 27.8 Å². The van der Waals surface area contributed by atoms with E-state index >= 15 is 0 Å². The summed E-state index contributed by atoms with van der Waals surface area (Å²) in [5.74, 6) is -0.273. The van der Waals surface area contributed by atoms with Gasteiger partial charge in [-0.2, -0.15) is 13.2 Å². The Kier molecular flexibility index (Phi) is 4.60. The van der Waals surface area contributed by atoms with Gasteiger partial charge >= 0.3 is 12.3 Å². The molecule has 26 heavy (non-hydrogen) atoms. The highest BCUT2D eigenvalue weighted by molar-refractivity contribution is 6.30. The topological polar surface area (TPSA) is 64.3 Å². The summed E-state index contributed by atoms with van der Waals surface area (Å²) >= 11 is 5.95. The molecule has 0 aliphatic heterocycles. The second-order valence-electron chi connectivity index (χ2n) is 5.21. The molecule has 134 valence electrons. The van der Waals surface area contributed by atoms with Crippen molar-refractivity contribution in [2.45, 2.75) is 6.18 Å². The number of benzene rings is 2. The number of hydrogen-bond donors (Lipinski definition) is 1. The van der Waals surface area contributed by atoms with Crippen LogP contribution in [0.4, 0.5) is 18.0 Å². The van der Waals surface area contributed by atoms with Crippen LogP contribution in [0, 0.1) is 0 Å². The lowest BCUT2D eigenvalue weighted by Crippen LogP contribution is -2.06. The normalized spacial score (nSPS) is 11.4. The first-order chi connectivity index (χ1) is 12.2. The number of hydrogen-bond acceptors (Lipinski definition) is 3. The number of nitrogens with zero attached hydrogens (tertiary/aromatic N) is 2. The maximum absolute atomic E-state index is 13.0. The molecule has 0 unspecified atom stereocenters. The molecule has 0 fully saturated rings. The Balaban J connectivity index is 2.17. The van der Waals surface area contributed by atoms with Gasteiger partial charge < -0.3 is 9.84 Å². The van der Waals surface area contributed by atoms with E-state index in [1.54, 1.807) is 18.2 Å². The van der Waals surface area contributed by atoms with Crippen LogP contribution in [0.3, 0.4) is 0 Å². The molecular formula is C17H10ClF3N2O3. The molecule has 1 N–H and O–H groups in total. The molecule has 3 rings (SSSR count). The highest BCUT2D eigenvalue weighted by Gasteiger charge is 2.30. The number of alkyl halides is 3. The van der Waals surface area contributed by atoms with E-state index in [-0.39, 0.29) is 17.1 Å². The Bertz CT molecular complexity index is 970. The van der Waals surface area contributed by atoms with Crippen molar-refractivity contribution in [2.24, 2.45) is 0 Å². The third-order valence-corrected chi connectivity index (χ3v) is 3.65. The minimum absolute atomic E-state index is 0.188. The van der Waals surface area contributed by atoms with E-state index in [0.29, 0.717) is 10.7 Å². The molecule has 0 amide bonds. The molecule has 0 saturated heterocycles. The summed E-state index contributed by atoms with van der Waals surface area (Å²) in [5.41, 5.74) is 0.00172. The first kappa shape index (κ1) is 17.8. The summed E-state index contributed by atoms with van der Waals surface area (Å²) in [4.78, 5) is 10.8. The number of ether oxygens (including phenoxy) is 1. The standard InChI is InChI=1S/C17H10ClF3N2O3/c18-12-5-2-6-13(8-12)23-14(9-15(22-23)26-16(24)25)10-3-1-4-11(7-10)17(19,20)21/h1-9H,(H,24,25). The largest absolute Gasteiger partial charge is 0.512 e. The van der Waals surface area contributed by atoms with Crippen LogP contribution in [0.2, 0.25) is 5.02 Å². The number of aromatic nitrogens is 2. The van der Waals surface area contributed by atoms with Gasteiger partial charge in [-0.25, -0.2) is 9.48 Å². The molecule has 0 atom stereocenters. The van der Waals surface area contributed by atoms with Crippen LogP contribution in [-0.4, -0.2) is 21.0 Å². The van der Waals surface area contributed by atoms with Crippen LogP contribution in [0.1, 0.15) is 5.56 Å². The molecule has 0 spiro atoms. The monoisotopic (exact) mass is 382 g/mol. The zero-order valence-electron chi connectivity index (χ0n) is 12.9. The average Bonchev–Trinajstić information content (AvgIpc) is 2.97. The summed E-state index contributed by atoms with van der Waals surface area (Å²) in [5, 5.41) is 13.1. The zero-order chi connectivity index (χ0) is 18.9. The molecule has 1 aromatic heterocycles. The van der Waals surface area contributed by atoms with E-state index < -0.39 is 17.9 Å². The molecular weight excluding hydrogens is 373 g/mol. The fourth-order valence-corrected chi connectivity index (χ4v) is 2.55. The highest BCUT2D eigenvalue weighted by Crippen LogP contribution is 2.34. The SMILES string of the molecule is O=C(O)Oc1cc(-c2cccc(C(F)(F)F)c2)n(-c2cccc(Cl)c2)n1. The van der Waals surface area contributed by atoms with Crippen LogP contribution < -0.4 is 4.74 Å². The molecule has 2 aromatic carbocycles. The molecule has 0 bridgehead atoms. The predicted molar refractivity (Wildman–Crippen MR) is 87.7 cm³/mol. The number of carboxylic acid groups (broad SMARTS) is 1. The van der Waals surface area contributed by atoms with E-state index in [0.717, 1.165) is 12.1 Å². The van der Waals surface area contributed by atoms with E-state index in [2.05, 4.69) is 9.84 Å². The Hall–Kier alpha value is -3.00. The molecule has 9 heteroatoms. The van der Waals surface area contributed by atoms with Crippen LogP contribution in [0.5, 0.6) is 5.88 Å². The minimum Gasteiger partial charge on any atom is -0.449 e. The Labute approximate surface area is 150 Å². The van der Waals surface area contributed by atoms with Crippen molar-refractivity contribution >= 4 is 17.8 Å². The van der Waals surface area contributed by atoms with Gasteiger partial charge in [0.2, 0.25) is 5.88 Å². The van der Waals surface area contributed by atoms with Crippen molar-refractivity contribution in [3.05, 3.63) is 65.2 Å². The van der Waals surface area contributed by atoms with Crippen LogP contribution in [-0.2, 0) is 6.18 Å². The fourth-order valence-electron chi connectivity index (χ4n) is 2.36. The van der Waals surface area contributed by atoms with Crippen molar-refractivity contribution in [2.75, 3.05) is 0 Å². The van der Waals surface area contributed by atoms with Gasteiger partial charge in [-0.1, -0.05) is 29.8 Å². The Morgan fingerprint density at radius 3 is 2.50 bits per heavy atom. The molecule has 0 aliphatic rings. The van der Waals surface area contributed by atoms with E-state index in [4.69, 9.17) is 16.7 Å². The van der Waals surface area contributed by atoms with Crippen molar-refractivity contribution in [1.82, 2.24) is 9.78 Å². The summed E-state index contributed by atoms with van der Waals surface area (Å²) in [7, 11) is 0. The van der Waals surface area contributed by atoms with Gasteiger partial charge in [0, 0.05) is 16.7 Å². The lowest BCUT2D eigenvalue weighted by atomic mass is 10.1. The summed E-state index contributed by atoms with van der Waals surface area (Å²) in [6.07, 6.45) is -6.10. The van der Waals surface area contributed by atoms with Gasteiger partial charge in [0.05, 0.1) is 16.9 Å². The highest BCUT2D eigenvalue weighted by atomic mass is 35.5. The van der Waals surface area contributed by atoms with Crippen LogP contribution in [0.25, 0.3) is 16.9 Å². The van der Waals surface area contributed by atoms with Crippen LogP contribution in [0.15, 0.2) is 54.6 Å². The second kappa shape index (κ2) is 6.72. The third kappa shape index (κ3) is 3.80. The molecule has 0 saturated carbocycles. The van der Waals surface area contributed by atoms with E-state index in [1.807, 2.05) is 0 Å². The molecule has 0 aliphatic carbocycles. The Morgan fingerprint density at radius 2 is 1.85 bits per heavy atom. The zero-order valence-corrected chi connectivity index (χ0v) is 13.6. The van der Waals surface area contributed by atoms with Gasteiger partial charge in [0.15, 0.2) is 0 Å². The van der Waals surface area contributed by atoms with Gasteiger partial charge in [-0.3, -0.25) is 0 Å². The third-order valence-electron chi connectivity index (χ3n) is 3.42. The van der Waals surface area contributed by atoms with Gasteiger partial charge in [-0.15, -0.1) is 5.10 Å². The molecule has 3 aromatic rings. The molecule has 1 heterocycles. The van der Waals surface area contributed by atoms with E-state index in [9.17, 15) is 18.0 Å². The van der Waals surface area contributed by atoms with Gasteiger partial charge in [0.25, 0.3) is 0 Å². The van der Waals surface area contributed by atoms with Crippen molar-refractivity contribution in [1.29, 1.82) is 0 Å². The van der Waals surface area contributed by atoms with Gasteiger partial charge in [-0.05, 0) is 30.3 Å². The van der Waals surface area contributed by atoms with Gasteiger partial charge in [0.1, 0.15) is 0 Å². The average molecular weight is 383 g/mol. The quantitative estimate of drug-likeness (QED) is 0.627. The number of rotatable bonds is 3. The maximum Gasteiger partial charge on any atom is 0.512 e. The number of halogens is 4. The lowest BCUT2D eigenvalue weighted by Gasteiger charge is -2.10. The van der Waals surface area contributed by atoms with Crippen molar-refractivity contribution in [3.63, 3.8) is 0 Å². The summed E-state index contributed by atoms with van der Waals surface area (Å²) in [6, 6.07) is 12.3. The van der Waals surface area contributed by atoms with Crippen molar-refractivity contribution in [3.8, 4) is 22.8 Å². The first-order valence-electron chi connectivity index (χ1n) is 7.18. The summed E-state index contributed by atoms with van der Waals surface area (Å²) < 4.78 is 44.8. The Morgan fingerprint density at radius 1 is 1.12 bits per heavy atom. The van der Waals surface area contributed by atoms with E-state index in [1.165, 1.54) is 28.9 Å². The second-order valence-corrected chi connectivity index (χ2v) is 5.64. The lowest BCUT2D eigenvalue weighted by molar-refractivity contribution is -0.137. The molecule has 5 nitrogen and oxygen atoms in total. The van der Waals surface area contributed by atoms with Crippen LogP contribution >= 0.6 is 11.6 Å². The molecule has 0 radical (unpaired) electrons. The fraction of sp³-hybridized carbons (Fsp3) is 0.0588.